The number of phenolic OH excluding ortho intramolecular Hbond substituents is 1. The molecule has 2 aromatic rings. The number of nitrogens with one attached hydrogen (secondary N) is 8. The zero-order valence-corrected chi connectivity index (χ0v) is 72.6. The van der Waals surface area contributed by atoms with E-state index in [0.29, 0.717) is 24.8 Å². The van der Waals surface area contributed by atoms with Crippen LogP contribution in [-0.4, -0.2) is 250 Å². The van der Waals surface area contributed by atoms with Crippen LogP contribution in [0.3, 0.4) is 0 Å². The second-order valence-corrected chi connectivity index (χ2v) is 35.1. The SMILES string of the molecule is CCC(C)(CC)SC(CC(=O)O)C(=O)NCC(=O)NC(C)(C)CCOC(C)(C)CCC(=O)NCCCC[C@H](NC(=O)[C@H](CCCNC(N)=O)NC(=O)CSCCC(=O)N(C)[C@@H](C)C(=O)O[C@@H]1CC(=O)N(C)c2cc(cc(OC)c2Cl)C/C(C)=C/C=C\[C@@H](OC)[C@@]2(O)C[C@H](OC(=O)N2)C(C)C2O[C@]21C)C(=O)N[C@@H](Cc1ccc(O)cc1)C(=O)O. The number of ether oxygens (including phenoxy) is 6. The van der Waals surface area contributed by atoms with Gasteiger partial charge in [-0.2, -0.15) is 11.8 Å². The number of aliphatic carboxylic acids is 2. The number of hydrogen-bond donors (Lipinski definition) is 13. The third-order valence-corrected chi connectivity index (χ3v) is 24.5. The van der Waals surface area contributed by atoms with Gasteiger partial charge in [0.1, 0.15) is 64.6 Å². The highest BCUT2D eigenvalue weighted by molar-refractivity contribution is 8.02. The number of epoxide rings is 1. The van der Waals surface area contributed by atoms with Gasteiger partial charge in [-0.05, 0) is 148 Å². The van der Waals surface area contributed by atoms with Crippen molar-refractivity contribution in [2.75, 3.05) is 71.0 Å². The monoisotopic (exact) mass is 1720 g/mol. The van der Waals surface area contributed by atoms with Gasteiger partial charge in [0.15, 0.2) is 5.72 Å². The normalized spacial score (nSPS) is 21.6. The maximum absolute atomic E-state index is 14.6. The lowest BCUT2D eigenvalue weighted by Gasteiger charge is -2.42. The van der Waals surface area contributed by atoms with E-state index in [-0.39, 0.29) is 128 Å². The van der Waals surface area contributed by atoms with E-state index in [2.05, 4.69) is 42.5 Å². The molecule has 0 aliphatic carbocycles. The fourth-order valence-corrected chi connectivity index (χ4v) is 15.8. The number of esters is 1. The Morgan fingerprint density at radius 2 is 1.49 bits per heavy atom. The van der Waals surface area contributed by atoms with Crippen molar-refractivity contribution in [3.05, 3.63) is 76.3 Å². The minimum absolute atomic E-state index is 0.0214. The Morgan fingerprint density at radius 3 is 2.12 bits per heavy atom. The third kappa shape index (κ3) is 31.7. The number of halogens is 1. The van der Waals surface area contributed by atoms with Gasteiger partial charge in [-0.3, -0.25) is 48.5 Å². The standard InChI is InChI=1S/C81H122ClN11O23S2/c1-16-79(10,17-2)118-59(42-67(100)101)72(104)86-45-63(96)90-77(6,7)33-36-113-78(8,9)32-30-62(95)84-34-19-18-23-54(71(103)89-55(73(105)106)39-50-26-28-52(94)29-27-50)88-70(102)53(24-21-35-85-75(83)108)87-64(97)46-117-37-31-65(98)92(12)49(5)74(107)115-61-43-66(99)93(13)56-40-51(41-57(111-14)68(56)82)38-47(3)22-20-25-60(112-15)81(110)44-58(114-76(109)91-81)48(4)69-80(61,11)116-69/h20,22,25-29,40-41,48-49,53-55,58-61,69,94,110H,16-19,21,23-24,30-39,42-46H2,1-15H3,(H,84,95)(H,86,104)(H,87,97)(H,88,102)(H,89,103)(H,90,96)(H,91,109)(H,100,101)(H,105,106)(H3,83,85,108)/b25-20-,47-22+/t48?,49-,53-,54-,55-,58-,59?,60+,61+,69?,80-,81-/m0/s1. The van der Waals surface area contributed by atoms with E-state index in [1.165, 1.54) is 76.2 Å². The predicted molar refractivity (Wildman–Crippen MR) is 444 cm³/mol. The van der Waals surface area contributed by atoms with Gasteiger partial charge in [0.2, 0.25) is 47.3 Å². The molecule has 5 rings (SSSR count). The number of primary amides is 1. The number of phenols is 1. The van der Waals surface area contributed by atoms with E-state index < -0.39 is 166 Å². The van der Waals surface area contributed by atoms with Crippen molar-refractivity contribution in [3.63, 3.8) is 0 Å². The molecular weight excluding hydrogens is 1590 g/mol. The number of allylic oxidation sites excluding steroid dienone is 3. The Labute approximate surface area is 703 Å². The number of aliphatic hydroxyl groups is 1. The molecule has 0 radical (unpaired) electrons. The first-order valence-corrected chi connectivity index (χ1v) is 42.0. The molecule has 2 fully saturated rings. The van der Waals surface area contributed by atoms with Gasteiger partial charge in [-0.1, -0.05) is 75.2 Å². The number of unbranched alkanes of at least 4 members (excludes halogenated alkanes) is 1. The van der Waals surface area contributed by atoms with Crippen LogP contribution in [0, 0.1) is 5.92 Å². The Kier molecular flexibility index (Phi) is 38.9. The molecule has 14 N–H and O–H groups in total. The summed E-state index contributed by atoms with van der Waals surface area (Å²) in [7, 11) is 5.70. The van der Waals surface area contributed by atoms with Crippen LogP contribution >= 0.6 is 35.1 Å². The topological polar surface area (TPSA) is 490 Å². The molecule has 658 valence electrons. The highest BCUT2D eigenvalue weighted by atomic mass is 35.5. The first-order chi connectivity index (χ1) is 55.3. The fraction of sp³-hybridized carbons (Fsp3) is 0.642. The molecule has 3 unspecified atom stereocenters. The first-order valence-electron chi connectivity index (χ1n) is 39.6. The zero-order valence-electron chi connectivity index (χ0n) is 70.2. The van der Waals surface area contributed by atoms with Crippen molar-refractivity contribution in [1.82, 2.24) is 47.4 Å². The van der Waals surface area contributed by atoms with Gasteiger partial charge in [-0.25, -0.2) is 19.2 Å². The largest absolute Gasteiger partial charge is 0.508 e. The maximum Gasteiger partial charge on any atom is 0.409 e. The number of nitrogens with zero attached hydrogens (tertiary/aromatic N) is 2. The molecule has 0 spiro atoms. The Balaban J connectivity index is 1.21. The van der Waals surface area contributed by atoms with Crippen molar-refractivity contribution >= 4 is 118 Å². The minimum atomic E-state index is -1.95. The lowest BCUT2D eigenvalue weighted by Crippen LogP contribution is -2.63. The van der Waals surface area contributed by atoms with E-state index in [1.807, 2.05) is 47.6 Å². The number of aromatic hydroxyl groups is 1. The quantitative estimate of drug-likeness (QED) is 0.0206. The summed E-state index contributed by atoms with van der Waals surface area (Å²) in [6, 6.07) is 2.73. The van der Waals surface area contributed by atoms with Crippen molar-refractivity contribution in [2.45, 2.75) is 260 Å². The number of urea groups is 1. The fourth-order valence-electron chi connectivity index (χ4n) is 13.4. The lowest BCUT2D eigenvalue weighted by molar-refractivity contribution is -0.162. The number of fused-ring (bicyclic) bond motifs is 5. The smallest absolute Gasteiger partial charge is 0.409 e. The second kappa shape index (κ2) is 46.0. The summed E-state index contributed by atoms with van der Waals surface area (Å²) < 4.78 is 35.4. The molecule has 11 amide bonds. The Morgan fingerprint density at radius 1 is 0.847 bits per heavy atom. The predicted octanol–water partition coefficient (Wildman–Crippen LogP) is 5.99. The van der Waals surface area contributed by atoms with Crippen LogP contribution in [0.2, 0.25) is 5.02 Å². The number of thioether (sulfide) groups is 2. The van der Waals surface area contributed by atoms with Crippen LogP contribution in [0.1, 0.15) is 177 Å². The van der Waals surface area contributed by atoms with Crippen LogP contribution in [0.25, 0.3) is 0 Å². The summed E-state index contributed by atoms with van der Waals surface area (Å²) in [5.41, 5.74) is 2.69. The number of carboxylic acid groups (broad SMARTS) is 2. The van der Waals surface area contributed by atoms with E-state index in [9.17, 15) is 82.8 Å². The van der Waals surface area contributed by atoms with Gasteiger partial charge >= 0.3 is 30.0 Å². The van der Waals surface area contributed by atoms with Gasteiger partial charge in [0.25, 0.3) is 0 Å². The van der Waals surface area contributed by atoms with Gasteiger partial charge in [0.05, 0.1) is 54.9 Å². The number of carboxylic acids is 2. The highest BCUT2D eigenvalue weighted by Gasteiger charge is 2.65. The highest BCUT2D eigenvalue weighted by Crippen LogP contribution is 2.49. The van der Waals surface area contributed by atoms with Crippen molar-refractivity contribution in [2.24, 2.45) is 11.7 Å². The molecule has 2 aromatic carbocycles. The van der Waals surface area contributed by atoms with E-state index in [1.54, 1.807) is 52.0 Å². The molecule has 3 aliphatic rings. The van der Waals surface area contributed by atoms with E-state index in [0.717, 1.165) is 40.6 Å². The number of likely N-dealkylation sites (N-methyl/N-ethyl adjacent to an activating group) is 1. The van der Waals surface area contributed by atoms with Crippen LogP contribution in [0.4, 0.5) is 15.3 Å². The number of carbonyl (C=O) groups is 13. The van der Waals surface area contributed by atoms with Crippen LogP contribution < -0.4 is 57.9 Å². The summed E-state index contributed by atoms with van der Waals surface area (Å²) in [5.74, 6) is -9.07. The summed E-state index contributed by atoms with van der Waals surface area (Å²) in [6.07, 6.45) is 1.44. The summed E-state index contributed by atoms with van der Waals surface area (Å²) >= 11 is 9.16. The number of carbonyl (C=O) groups excluding carboxylic acids is 11. The summed E-state index contributed by atoms with van der Waals surface area (Å²) in [5, 5.41) is 61.9. The number of alkyl carbamates (subject to hydrolysis) is 1. The number of methoxy groups -OCH3 is 2. The first kappa shape index (κ1) is 99.6. The Hall–Kier alpha value is -8.94. The molecule has 118 heavy (non-hydrogen) atoms. The van der Waals surface area contributed by atoms with Gasteiger partial charge in [0, 0.05) is 88.5 Å². The van der Waals surface area contributed by atoms with Gasteiger partial charge in [-0.15, -0.1) is 11.8 Å². The number of anilines is 1. The number of nitrogens with two attached hydrogens (primary N) is 1. The average molecular weight is 1720 g/mol. The number of hydrogen-bond acceptors (Lipinski definition) is 23. The van der Waals surface area contributed by atoms with Crippen molar-refractivity contribution in [1.29, 1.82) is 0 Å². The third-order valence-electron chi connectivity index (χ3n) is 21.4. The molecule has 3 aliphatic heterocycles. The molecular formula is C81H122ClN11O23S2. The molecule has 34 nitrogen and oxygen atoms in total. The zero-order chi connectivity index (χ0) is 88.2. The maximum atomic E-state index is 14.6. The summed E-state index contributed by atoms with van der Waals surface area (Å²) in [6.45, 7) is 19.7. The number of rotatable bonds is 44. The number of amides is 11. The summed E-state index contributed by atoms with van der Waals surface area (Å²) in [4.78, 5) is 176. The molecule has 3 heterocycles. The molecule has 37 heteroatoms. The molecule has 0 saturated carbocycles. The van der Waals surface area contributed by atoms with E-state index in [4.69, 9.17) is 45.8 Å². The molecule has 4 bridgehead atoms. The van der Waals surface area contributed by atoms with Crippen LogP contribution in [-0.2, 0) is 89.3 Å². The van der Waals surface area contributed by atoms with Crippen LogP contribution in [0.5, 0.6) is 11.5 Å². The Bertz CT molecular complexity index is 3910. The van der Waals surface area contributed by atoms with Crippen molar-refractivity contribution < 1.29 is 111 Å². The molecule has 0 aromatic heterocycles. The van der Waals surface area contributed by atoms with Crippen molar-refractivity contribution in [3.8, 4) is 11.5 Å². The number of benzene rings is 2. The van der Waals surface area contributed by atoms with Gasteiger partial charge < -0.3 is 102 Å². The second-order valence-electron chi connectivity index (χ2n) is 31.8. The average Bonchev–Trinajstić information content (AvgIpc) is 1.57. The molecule has 2 saturated heterocycles. The lowest BCUT2D eigenvalue weighted by atomic mass is 9.83. The van der Waals surface area contributed by atoms with E-state index >= 15 is 0 Å². The minimum Gasteiger partial charge on any atom is -0.508 e. The van der Waals surface area contributed by atoms with Crippen LogP contribution in [0.15, 0.2) is 60.2 Å². The molecule has 12 atom stereocenters.